The largest absolute Gasteiger partial charge is 0.387 e. The number of aliphatic hydroxyl groups excluding tert-OH is 1. The number of anilines is 1. The molecular formula is C17H21BrN4O2. The first kappa shape index (κ1) is 17.1. The summed E-state index contributed by atoms with van der Waals surface area (Å²) in [5.74, 6) is 0. The van der Waals surface area contributed by atoms with Gasteiger partial charge in [-0.2, -0.15) is 5.10 Å². The zero-order chi connectivity index (χ0) is 17.1. The number of piperazine rings is 1. The van der Waals surface area contributed by atoms with Crippen LogP contribution in [0, 0.1) is 0 Å². The summed E-state index contributed by atoms with van der Waals surface area (Å²) in [5, 5.41) is 14.5. The molecule has 1 aliphatic rings. The molecule has 1 aliphatic heterocycles. The Hall–Kier alpha value is -1.70. The summed E-state index contributed by atoms with van der Waals surface area (Å²) in [6.07, 6.45) is 1.25. The lowest BCUT2D eigenvalue weighted by Crippen LogP contribution is -2.48. The lowest BCUT2D eigenvalue weighted by molar-refractivity contribution is 0.109. The van der Waals surface area contributed by atoms with Gasteiger partial charge in [0.1, 0.15) is 4.47 Å². The van der Waals surface area contributed by atoms with Crippen molar-refractivity contribution in [1.29, 1.82) is 0 Å². The molecule has 0 saturated carbocycles. The van der Waals surface area contributed by atoms with Gasteiger partial charge in [0.05, 0.1) is 18.0 Å². The summed E-state index contributed by atoms with van der Waals surface area (Å²) in [7, 11) is 1.64. The average Bonchev–Trinajstić information content (AvgIpc) is 2.61. The highest BCUT2D eigenvalue weighted by Crippen LogP contribution is 2.23. The second-order valence-corrected chi connectivity index (χ2v) is 6.78. The molecule has 3 rings (SSSR count). The third-order valence-corrected chi connectivity index (χ3v) is 5.13. The standard InChI is InChI=1S/C17H21BrN4O2/c1-20-17(24)16(18)14(11-19-20)22-9-7-21(8-10-22)12-15(23)13-5-3-2-4-6-13/h2-6,11,15,23H,7-10,12H2,1H3. The third kappa shape index (κ3) is 3.68. The molecule has 1 saturated heterocycles. The summed E-state index contributed by atoms with van der Waals surface area (Å²) in [6.45, 7) is 3.90. The Labute approximate surface area is 149 Å². The monoisotopic (exact) mass is 392 g/mol. The highest BCUT2D eigenvalue weighted by Gasteiger charge is 2.22. The molecule has 128 valence electrons. The fourth-order valence-electron chi connectivity index (χ4n) is 2.92. The van der Waals surface area contributed by atoms with Crippen LogP contribution >= 0.6 is 15.9 Å². The Morgan fingerprint density at radius 1 is 1.21 bits per heavy atom. The van der Waals surface area contributed by atoms with Gasteiger partial charge < -0.3 is 10.0 Å². The second kappa shape index (κ2) is 7.46. The Morgan fingerprint density at radius 2 is 1.88 bits per heavy atom. The minimum Gasteiger partial charge on any atom is -0.387 e. The third-order valence-electron chi connectivity index (χ3n) is 4.39. The van der Waals surface area contributed by atoms with Crippen molar-refractivity contribution in [1.82, 2.24) is 14.7 Å². The second-order valence-electron chi connectivity index (χ2n) is 5.99. The zero-order valence-corrected chi connectivity index (χ0v) is 15.2. The van der Waals surface area contributed by atoms with Crippen molar-refractivity contribution in [3.05, 3.63) is 56.9 Å². The predicted molar refractivity (Wildman–Crippen MR) is 97.2 cm³/mol. The molecule has 1 atom stereocenters. The van der Waals surface area contributed by atoms with Crippen molar-refractivity contribution in [2.24, 2.45) is 7.05 Å². The van der Waals surface area contributed by atoms with Crippen LogP contribution in [0.1, 0.15) is 11.7 Å². The van der Waals surface area contributed by atoms with Gasteiger partial charge in [-0.15, -0.1) is 0 Å². The number of β-amino-alcohol motifs (C(OH)–C–C–N with tert-alkyl or cyclic N) is 1. The van der Waals surface area contributed by atoms with Gasteiger partial charge in [-0.05, 0) is 21.5 Å². The maximum absolute atomic E-state index is 12.0. The normalized spacial score (nSPS) is 17.0. The minimum absolute atomic E-state index is 0.130. The van der Waals surface area contributed by atoms with Crippen LogP contribution in [0.4, 0.5) is 5.69 Å². The van der Waals surface area contributed by atoms with Crippen LogP contribution in [0.25, 0.3) is 0 Å². The van der Waals surface area contributed by atoms with Gasteiger partial charge in [-0.3, -0.25) is 9.69 Å². The lowest BCUT2D eigenvalue weighted by Gasteiger charge is -2.37. The van der Waals surface area contributed by atoms with E-state index < -0.39 is 6.10 Å². The highest BCUT2D eigenvalue weighted by molar-refractivity contribution is 9.10. The van der Waals surface area contributed by atoms with Crippen molar-refractivity contribution in [2.75, 3.05) is 37.6 Å². The Bertz CT molecular complexity index is 742. The van der Waals surface area contributed by atoms with Gasteiger partial charge in [-0.25, -0.2) is 4.68 Å². The number of rotatable bonds is 4. The molecule has 0 aliphatic carbocycles. The number of aliphatic hydroxyl groups is 1. The van der Waals surface area contributed by atoms with E-state index in [2.05, 4.69) is 30.8 Å². The van der Waals surface area contributed by atoms with Gasteiger partial charge in [0.2, 0.25) is 0 Å². The molecule has 24 heavy (non-hydrogen) atoms. The summed E-state index contributed by atoms with van der Waals surface area (Å²) in [6, 6.07) is 9.73. The van der Waals surface area contributed by atoms with Crippen LogP contribution in [0.2, 0.25) is 0 Å². The van der Waals surface area contributed by atoms with Crippen LogP contribution in [0.3, 0.4) is 0 Å². The van der Waals surface area contributed by atoms with E-state index in [-0.39, 0.29) is 5.56 Å². The van der Waals surface area contributed by atoms with Crippen molar-refractivity contribution < 1.29 is 5.11 Å². The lowest BCUT2D eigenvalue weighted by atomic mass is 10.1. The zero-order valence-electron chi connectivity index (χ0n) is 13.6. The molecule has 1 N–H and O–H groups in total. The fourth-order valence-corrected chi connectivity index (χ4v) is 3.53. The maximum atomic E-state index is 12.0. The van der Waals surface area contributed by atoms with E-state index in [0.29, 0.717) is 11.0 Å². The van der Waals surface area contributed by atoms with Crippen LogP contribution in [0.5, 0.6) is 0 Å². The number of halogens is 1. The number of nitrogens with zero attached hydrogens (tertiary/aromatic N) is 4. The van der Waals surface area contributed by atoms with E-state index in [1.807, 2.05) is 30.3 Å². The molecule has 1 aromatic carbocycles. The molecule has 0 amide bonds. The quantitative estimate of drug-likeness (QED) is 0.851. The number of aryl methyl sites for hydroxylation is 1. The summed E-state index contributed by atoms with van der Waals surface area (Å²) < 4.78 is 1.87. The van der Waals surface area contributed by atoms with Crippen LogP contribution in [0.15, 0.2) is 45.8 Å². The SMILES string of the molecule is Cn1ncc(N2CCN(CC(O)c3ccccc3)CC2)c(Br)c1=O. The molecule has 7 heteroatoms. The Morgan fingerprint density at radius 3 is 2.54 bits per heavy atom. The summed E-state index contributed by atoms with van der Waals surface area (Å²) >= 11 is 3.38. The van der Waals surface area contributed by atoms with E-state index in [4.69, 9.17) is 0 Å². The predicted octanol–water partition coefficient (Wildman–Crippen LogP) is 1.40. The molecule has 1 aromatic heterocycles. The molecule has 0 bridgehead atoms. The molecule has 0 spiro atoms. The molecule has 2 heterocycles. The molecule has 1 fully saturated rings. The van der Waals surface area contributed by atoms with E-state index in [1.54, 1.807) is 13.2 Å². The van der Waals surface area contributed by atoms with E-state index in [9.17, 15) is 9.90 Å². The van der Waals surface area contributed by atoms with Crippen molar-refractivity contribution in [3.8, 4) is 0 Å². The van der Waals surface area contributed by atoms with Crippen molar-refractivity contribution in [2.45, 2.75) is 6.10 Å². The van der Waals surface area contributed by atoms with Crippen LogP contribution < -0.4 is 10.5 Å². The van der Waals surface area contributed by atoms with Crippen LogP contribution in [-0.2, 0) is 7.05 Å². The number of hydrogen-bond acceptors (Lipinski definition) is 5. The first-order chi connectivity index (χ1) is 11.6. The van der Waals surface area contributed by atoms with Gasteiger partial charge in [0.25, 0.3) is 5.56 Å². The van der Waals surface area contributed by atoms with Gasteiger partial charge in [0.15, 0.2) is 0 Å². The topological polar surface area (TPSA) is 61.6 Å². The Kier molecular flexibility index (Phi) is 5.33. The van der Waals surface area contributed by atoms with Gasteiger partial charge in [-0.1, -0.05) is 30.3 Å². The summed E-state index contributed by atoms with van der Waals surface area (Å²) in [4.78, 5) is 16.4. The first-order valence-electron chi connectivity index (χ1n) is 7.98. The first-order valence-corrected chi connectivity index (χ1v) is 8.77. The average molecular weight is 393 g/mol. The molecular weight excluding hydrogens is 372 g/mol. The number of benzene rings is 1. The van der Waals surface area contributed by atoms with E-state index >= 15 is 0 Å². The molecule has 0 radical (unpaired) electrons. The van der Waals surface area contributed by atoms with E-state index in [0.717, 1.165) is 37.4 Å². The van der Waals surface area contributed by atoms with E-state index in [1.165, 1.54) is 4.68 Å². The number of hydrogen-bond donors (Lipinski definition) is 1. The van der Waals surface area contributed by atoms with Gasteiger partial charge in [0, 0.05) is 39.8 Å². The fraction of sp³-hybridized carbons (Fsp3) is 0.412. The maximum Gasteiger partial charge on any atom is 0.282 e. The Balaban J connectivity index is 1.60. The molecule has 2 aromatic rings. The van der Waals surface area contributed by atoms with Crippen molar-refractivity contribution >= 4 is 21.6 Å². The summed E-state index contributed by atoms with van der Waals surface area (Å²) in [5.41, 5.74) is 1.65. The highest BCUT2D eigenvalue weighted by atomic mass is 79.9. The molecule has 6 nitrogen and oxygen atoms in total. The smallest absolute Gasteiger partial charge is 0.282 e. The van der Waals surface area contributed by atoms with Crippen LogP contribution in [-0.4, -0.2) is 52.5 Å². The minimum atomic E-state index is -0.477. The number of aromatic nitrogens is 2. The van der Waals surface area contributed by atoms with Gasteiger partial charge >= 0.3 is 0 Å². The van der Waals surface area contributed by atoms with Crippen molar-refractivity contribution in [3.63, 3.8) is 0 Å². The molecule has 1 unspecified atom stereocenters.